The number of piperazine rings is 1. The summed E-state index contributed by atoms with van der Waals surface area (Å²) in [5.74, 6) is 0. The minimum atomic E-state index is -4.35. The van der Waals surface area contributed by atoms with Crippen molar-refractivity contribution in [2.75, 3.05) is 37.6 Å². The van der Waals surface area contributed by atoms with E-state index in [1.807, 2.05) is 23.6 Å². The predicted molar refractivity (Wildman–Crippen MR) is 127 cm³/mol. The molecule has 0 aliphatic carbocycles. The number of halogens is 3. The van der Waals surface area contributed by atoms with Crippen molar-refractivity contribution in [1.29, 1.82) is 0 Å². The standard InChI is InChI=1S/C22H27F3N6S/c1-4-26-20-18(8-9-27-19(20)15(2)3)28-29-21(32)31-12-10-30(11-13-31)17-7-5-6-16(14-17)22(23,24)25/h4-7,14,27H,1,8-13H2,2-3H3,(H,29,32)/b26-20?,28-18-. The molecule has 0 saturated carbocycles. The van der Waals surface area contributed by atoms with E-state index in [-0.39, 0.29) is 0 Å². The van der Waals surface area contributed by atoms with Gasteiger partial charge >= 0.3 is 6.18 Å². The number of benzene rings is 1. The Labute approximate surface area is 191 Å². The number of piperidine rings is 1. The number of alkyl halides is 3. The lowest BCUT2D eigenvalue weighted by molar-refractivity contribution is -0.137. The van der Waals surface area contributed by atoms with Gasteiger partial charge in [-0.1, -0.05) is 18.2 Å². The molecule has 1 aromatic carbocycles. The average Bonchev–Trinajstić information content (AvgIpc) is 2.77. The first-order valence-electron chi connectivity index (χ1n) is 10.3. The second-order valence-electron chi connectivity index (χ2n) is 7.71. The Kier molecular flexibility index (Phi) is 7.55. The highest BCUT2D eigenvalue weighted by Gasteiger charge is 2.31. The number of anilines is 1. The van der Waals surface area contributed by atoms with Crippen LogP contribution in [-0.4, -0.2) is 54.2 Å². The molecule has 6 nitrogen and oxygen atoms in total. The average molecular weight is 465 g/mol. The van der Waals surface area contributed by atoms with E-state index in [1.54, 1.807) is 6.07 Å². The van der Waals surface area contributed by atoms with Crippen molar-refractivity contribution in [2.24, 2.45) is 10.1 Å². The molecule has 0 aromatic heterocycles. The highest BCUT2D eigenvalue weighted by Crippen LogP contribution is 2.31. The summed E-state index contributed by atoms with van der Waals surface area (Å²) in [5, 5.41) is 8.32. The van der Waals surface area contributed by atoms with Gasteiger partial charge < -0.3 is 15.1 Å². The van der Waals surface area contributed by atoms with Crippen LogP contribution in [0.15, 0.2) is 58.4 Å². The van der Waals surface area contributed by atoms with Gasteiger partial charge in [-0.2, -0.15) is 18.3 Å². The Balaban J connectivity index is 1.62. The summed E-state index contributed by atoms with van der Waals surface area (Å²) >= 11 is 5.50. The largest absolute Gasteiger partial charge is 0.416 e. The molecule has 0 unspecified atom stereocenters. The third kappa shape index (κ3) is 5.67. The van der Waals surface area contributed by atoms with Crippen molar-refractivity contribution in [3.8, 4) is 0 Å². The molecule has 32 heavy (non-hydrogen) atoms. The van der Waals surface area contributed by atoms with Crippen LogP contribution in [0.25, 0.3) is 0 Å². The lowest BCUT2D eigenvalue weighted by atomic mass is 10.0. The van der Waals surface area contributed by atoms with Crippen molar-refractivity contribution >= 4 is 34.4 Å². The van der Waals surface area contributed by atoms with Gasteiger partial charge in [0.15, 0.2) is 5.11 Å². The summed E-state index contributed by atoms with van der Waals surface area (Å²) in [6.07, 6.45) is -2.16. The summed E-state index contributed by atoms with van der Waals surface area (Å²) in [6, 6.07) is 5.42. The van der Waals surface area contributed by atoms with Crippen LogP contribution in [0.3, 0.4) is 0 Å². The third-order valence-electron chi connectivity index (χ3n) is 5.29. The van der Waals surface area contributed by atoms with Crippen LogP contribution >= 0.6 is 12.2 Å². The molecule has 2 fully saturated rings. The molecule has 0 radical (unpaired) electrons. The molecule has 172 valence electrons. The van der Waals surface area contributed by atoms with Crippen molar-refractivity contribution in [2.45, 2.75) is 26.4 Å². The molecule has 0 amide bonds. The lowest BCUT2D eigenvalue weighted by Gasteiger charge is -2.37. The van der Waals surface area contributed by atoms with E-state index in [4.69, 9.17) is 12.2 Å². The Hall–Kier alpha value is -2.88. The van der Waals surface area contributed by atoms with Gasteiger partial charge in [0.2, 0.25) is 0 Å². The number of aliphatic imine (C=N–C) groups is 1. The van der Waals surface area contributed by atoms with E-state index in [1.165, 1.54) is 18.3 Å². The fraction of sp³-hybridized carbons (Fsp3) is 0.409. The van der Waals surface area contributed by atoms with E-state index in [2.05, 4.69) is 27.4 Å². The fourth-order valence-corrected chi connectivity index (χ4v) is 3.87. The zero-order valence-electron chi connectivity index (χ0n) is 18.2. The van der Waals surface area contributed by atoms with Crippen molar-refractivity contribution < 1.29 is 13.2 Å². The maximum absolute atomic E-state index is 13.0. The number of rotatable bonds is 3. The van der Waals surface area contributed by atoms with Crippen LogP contribution in [0.5, 0.6) is 0 Å². The number of hydrazone groups is 1. The number of nitrogens with zero attached hydrogens (tertiary/aromatic N) is 4. The van der Waals surface area contributed by atoms with E-state index in [9.17, 15) is 13.2 Å². The summed E-state index contributed by atoms with van der Waals surface area (Å²) in [4.78, 5) is 8.27. The second kappa shape index (κ2) is 10.2. The van der Waals surface area contributed by atoms with Crippen molar-refractivity contribution in [3.05, 3.63) is 53.9 Å². The molecule has 2 N–H and O–H groups in total. The predicted octanol–water partition coefficient (Wildman–Crippen LogP) is 3.93. The number of allylic oxidation sites excluding steroid dienone is 2. The summed E-state index contributed by atoms with van der Waals surface area (Å²) < 4.78 is 39.0. The molecule has 2 aliphatic heterocycles. The molecule has 0 atom stereocenters. The minimum Gasteiger partial charge on any atom is -0.383 e. The van der Waals surface area contributed by atoms with Gasteiger partial charge in [0.25, 0.3) is 0 Å². The first-order valence-corrected chi connectivity index (χ1v) is 10.8. The zero-order chi connectivity index (χ0) is 23.3. The van der Waals surface area contributed by atoms with E-state index in [0.29, 0.717) is 43.4 Å². The Morgan fingerprint density at radius 2 is 1.94 bits per heavy atom. The normalized spacial score (nSPS) is 19.7. The van der Waals surface area contributed by atoms with E-state index >= 15 is 0 Å². The van der Waals surface area contributed by atoms with Gasteiger partial charge in [-0.15, -0.1) is 0 Å². The van der Waals surface area contributed by atoms with Gasteiger partial charge in [0.05, 0.1) is 17.0 Å². The molecule has 0 bridgehead atoms. The Morgan fingerprint density at radius 3 is 2.56 bits per heavy atom. The van der Waals surface area contributed by atoms with Crippen LogP contribution in [0.2, 0.25) is 0 Å². The topological polar surface area (TPSA) is 55.3 Å². The quantitative estimate of drug-likeness (QED) is 0.525. The molecule has 2 saturated heterocycles. The van der Waals surface area contributed by atoms with Gasteiger partial charge in [-0.05, 0) is 44.3 Å². The van der Waals surface area contributed by atoms with E-state index < -0.39 is 11.7 Å². The third-order valence-corrected chi connectivity index (χ3v) is 5.64. The first kappa shape index (κ1) is 23.8. The molecular weight excluding hydrogens is 437 g/mol. The van der Waals surface area contributed by atoms with Gasteiger partial charge in [0, 0.05) is 51.0 Å². The molecular formula is C22H27F3N6S. The highest BCUT2D eigenvalue weighted by atomic mass is 32.1. The SMILES string of the molecule is C=CN=C1C(=C(C)C)NCC/C1=N/NC(=S)N1CCN(c2cccc(C(F)(F)F)c2)CC1. The maximum Gasteiger partial charge on any atom is 0.416 e. The molecule has 0 spiro atoms. The molecule has 2 heterocycles. The fourth-order valence-electron chi connectivity index (χ4n) is 3.64. The number of nitrogens with one attached hydrogen (secondary N) is 2. The highest BCUT2D eigenvalue weighted by molar-refractivity contribution is 7.80. The number of hydrogen-bond acceptors (Lipinski definition) is 5. The maximum atomic E-state index is 13.0. The lowest BCUT2D eigenvalue weighted by Crippen LogP contribution is -2.51. The van der Waals surface area contributed by atoms with Crippen LogP contribution in [0.1, 0.15) is 25.8 Å². The second-order valence-corrected chi connectivity index (χ2v) is 8.10. The van der Waals surface area contributed by atoms with Gasteiger partial charge in [-0.25, -0.2) is 0 Å². The summed E-state index contributed by atoms with van der Waals surface area (Å²) in [6.45, 7) is 10.7. The number of hydrogen-bond donors (Lipinski definition) is 2. The molecule has 10 heteroatoms. The molecule has 2 aliphatic rings. The Morgan fingerprint density at radius 1 is 1.22 bits per heavy atom. The van der Waals surface area contributed by atoms with E-state index in [0.717, 1.165) is 35.3 Å². The van der Waals surface area contributed by atoms with Crippen LogP contribution < -0.4 is 15.6 Å². The van der Waals surface area contributed by atoms with Crippen LogP contribution in [0.4, 0.5) is 18.9 Å². The zero-order valence-corrected chi connectivity index (χ0v) is 19.0. The summed E-state index contributed by atoms with van der Waals surface area (Å²) in [7, 11) is 0. The minimum absolute atomic E-state index is 0.483. The Bertz CT molecular complexity index is 955. The van der Waals surface area contributed by atoms with Crippen LogP contribution in [-0.2, 0) is 6.18 Å². The van der Waals surface area contributed by atoms with Crippen molar-refractivity contribution in [1.82, 2.24) is 15.6 Å². The van der Waals surface area contributed by atoms with Crippen LogP contribution in [0, 0.1) is 0 Å². The summed E-state index contributed by atoms with van der Waals surface area (Å²) in [5.41, 5.74) is 6.48. The smallest absolute Gasteiger partial charge is 0.383 e. The number of thiocarbonyl (C=S) groups is 1. The van der Waals surface area contributed by atoms with Gasteiger partial charge in [0.1, 0.15) is 5.71 Å². The van der Waals surface area contributed by atoms with Crippen molar-refractivity contribution in [3.63, 3.8) is 0 Å². The first-order chi connectivity index (χ1) is 15.2. The van der Waals surface area contributed by atoms with Gasteiger partial charge in [-0.3, -0.25) is 10.4 Å². The molecule has 1 aromatic rings. The molecule has 3 rings (SSSR count). The monoisotopic (exact) mass is 464 g/mol.